The summed E-state index contributed by atoms with van der Waals surface area (Å²) >= 11 is 0. The molecule has 0 unspecified atom stereocenters. The Bertz CT molecular complexity index is 124. The molecule has 38 valence electrons. The minimum atomic E-state index is 0.583. The van der Waals surface area contributed by atoms with E-state index < -0.39 is 0 Å². The van der Waals surface area contributed by atoms with Crippen molar-refractivity contribution in [2.24, 2.45) is 5.73 Å². The Labute approximate surface area is 43.5 Å². The molecule has 0 aromatic carbocycles. The van der Waals surface area contributed by atoms with Crippen LogP contribution in [0.1, 0.15) is 13.8 Å². The lowest BCUT2D eigenvalue weighted by atomic mass is 10.4. The molecule has 0 aliphatic rings. The summed E-state index contributed by atoms with van der Waals surface area (Å²) in [6.45, 7) is 9.84. The van der Waals surface area contributed by atoms with Crippen LogP contribution in [0.4, 0.5) is 0 Å². The van der Waals surface area contributed by atoms with Crippen LogP contribution in [0.2, 0.25) is 0 Å². The minimum Gasteiger partial charge on any atom is -0.411 e. The van der Waals surface area contributed by atoms with E-state index in [9.17, 15) is 0 Å². The zero-order valence-corrected chi connectivity index (χ0v) is 4.52. The first-order chi connectivity index (χ1) is 3.18. The van der Waals surface area contributed by atoms with Crippen molar-refractivity contribution in [3.8, 4) is 0 Å². The Kier molecular flexibility index (Phi) is 1.94. The lowest BCUT2D eigenvalue weighted by Gasteiger charge is -1.86. The third kappa shape index (κ3) is 1.83. The quantitative estimate of drug-likeness (QED) is 0.450. The molecule has 7 heavy (non-hydrogen) atoms. The standard InChI is InChI=1S/C5H8N2/c1-4(6)5(2)7-3/h6H2,1-2H3/b5-4+. The molecule has 0 amide bonds. The number of hydrogen-bond donors (Lipinski definition) is 1. The van der Waals surface area contributed by atoms with Gasteiger partial charge in [0.15, 0.2) is 5.70 Å². The van der Waals surface area contributed by atoms with Gasteiger partial charge in [-0.05, 0) is 13.8 Å². The summed E-state index contributed by atoms with van der Waals surface area (Å²) in [4.78, 5) is 3.09. The molecule has 0 rings (SSSR count). The molecule has 0 radical (unpaired) electrons. The van der Waals surface area contributed by atoms with Crippen LogP contribution in [0.15, 0.2) is 11.4 Å². The average molecular weight is 96.1 g/mol. The number of nitrogens with zero attached hydrogens (tertiary/aromatic N) is 1. The topological polar surface area (TPSA) is 30.4 Å². The van der Waals surface area contributed by atoms with Gasteiger partial charge in [0.1, 0.15) is 0 Å². The van der Waals surface area contributed by atoms with E-state index in [1.165, 1.54) is 0 Å². The highest BCUT2D eigenvalue weighted by Gasteiger charge is 1.84. The van der Waals surface area contributed by atoms with Gasteiger partial charge in [0.2, 0.25) is 0 Å². The Balaban J connectivity index is 4.07. The number of allylic oxidation sites excluding steroid dienone is 2. The number of nitrogens with two attached hydrogens (primary N) is 1. The molecule has 2 nitrogen and oxygen atoms in total. The Morgan fingerprint density at radius 2 is 2.00 bits per heavy atom. The minimum absolute atomic E-state index is 0.583. The highest BCUT2D eigenvalue weighted by Crippen LogP contribution is 1.95. The molecule has 0 saturated carbocycles. The fourth-order valence-electron chi connectivity index (χ4n) is 0.0882. The molecule has 0 atom stereocenters. The van der Waals surface area contributed by atoms with Crippen LogP contribution < -0.4 is 5.73 Å². The van der Waals surface area contributed by atoms with Gasteiger partial charge in [-0.1, -0.05) is 0 Å². The van der Waals surface area contributed by atoms with Crippen molar-refractivity contribution < 1.29 is 0 Å². The van der Waals surface area contributed by atoms with Crippen LogP contribution in [0.3, 0.4) is 0 Å². The van der Waals surface area contributed by atoms with Crippen LogP contribution in [-0.4, -0.2) is 0 Å². The molecule has 0 spiro atoms. The van der Waals surface area contributed by atoms with Crippen LogP contribution in [0.5, 0.6) is 0 Å². The van der Waals surface area contributed by atoms with Gasteiger partial charge in [-0.3, -0.25) is 0 Å². The summed E-state index contributed by atoms with van der Waals surface area (Å²) in [6.07, 6.45) is 0. The van der Waals surface area contributed by atoms with Crippen molar-refractivity contribution in [1.82, 2.24) is 0 Å². The molecule has 0 bridgehead atoms. The van der Waals surface area contributed by atoms with Gasteiger partial charge in [0, 0.05) is 5.70 Å². The van der Waals surface area contributed by atoms with E-state index in [-0.39, 0.29) is 0 Å². The summed E-state index contributed by atoms with van der Waals surface area (Å²) in [5.41, 5.74) is 6.40. The average Bonchev–Trinajstić information content (AvgIpc) is 1.65. The number of rotatable bonds is 0. The molecule has 0 fully saturated rings. The molecule has 0 heterocycles. The van der Waals surface area contributed by atoms with Crippen molar-refractivity contribution in [2.45, 2.75) is 13.8 Å². The predicted molar refractivity (Wildman–Crippen MR) is 29.2 cm³/mol. The zero-order chi connectivity index (χ0) is 5.86. The van der Waals surface area contributed by atoms with Crippen LogP contribution in [0.25, 0.3) is 4.85 Å². The molecule has 0 aromatic rings. The van der Waals surface area contributed by atoms with E-state index in [0.29, 0.717) is 11.4 Å². The van der Waals surface area contributed by atoms with Crippen molar-refractivity contribution in [1.29, 1.82) is 0 Å². The molecule has 0 aliphatic carbocycles. The third-order valence-electron chi connectivity index (χ3n) is 0.738. The van der Waals surface area contributed by atoms with E-state index in [0.717, 1.165) is 0 Å². The Morgan fingerprint density at radius 1 is 1.57 bits per heavy atom. The second-order valence-electron chi connectivity index (χ2n) is 1.38. The highest BCUT2D eigenvalue weighted by molar-refractivity contribution is 5.11. The van der Waals surface area contributed by atoms with Crippen LogP contribution in [-0.2, 0) is 0 Å². The Morgan fingerprint density at radius 3 is 2.00 bits per heavy atom. The Hall–Kier alpha value is -0.970. The van der Waals surface area contributed by atoms with E-state index in [2.05, 4.69) is 4.85 Å². The SMILES string of the molecule is [C-]#[N+]/C(C)=C(\C)N. The largest absolute Gasteiger partial charge is 0.411 e. The summed E-state index contributed by atoms with van der Waals surface area (Å²) in [5, 5.41) is 0. The van der Waals surface area contributed by atoms with E-state index in [4.69, 9.17) is 12.3 Å². The van der Waals surface area contributed by atoms with Crippen molar-refractivity contribution in [3.63, 3.8) is 0 Å². The predicted octanol–water partition coefficient (Wildman–Crippen LogP) is 1.12. The molecule has 2 heteroatoms. The van der Waals surface area contributed by atoms with Crippen molar-refractivity contribution in [3.05, 3.63) is 22.8 Å². The zero-order valence-electron chi connectivity index (χ0n) is 4.52. The normalized spacial score (nSPS) is 12.1. The van der Waals surface area contributed by atoms with E-state index in [1.807, 2.05) is 0 Å². The van der Waals surface area contributed by atoms with Crippen molar-refractivity contribution >= 4 is 0 Å². The lowest BCUT2D eigenvalue weighted by molar-refractivity contribution is 1.24. The highest BCUT2D eigenvalue weighted by atomic mass is 14.7. The maximum atomic E-state index is 6.43. The van der Waals surface area contributed by atoms with Gasteiger partial charge >= 0.3 is 0 Å². The first-order valence-corrected chi connectivity index (χ1v) is 1.99. The molecule has 2 N–H and O–H groups in total. The van der Waals surface area contributed by atoms with Crippen LogP contribution >= 0.6 is 0 Å². The number of hydrogen-bond acceptors (Lipinski definition) is 1. The fourth-order valence-corrected chi connectivity index (χ4v) is 0.0882. The monoisotopic (exact) mass is 96.1 g/mol. The molecule has 0 aliphatic heterocycles. The summed E-state index contributed by atoms with van der Waals surface area (Å²) in [6, 6.07) is 0. The van der Waals surface area contributed by atoms with Gasteiger partial charge in [0.25, 0.3) is 0 Å². The van der Waals surface area contributed by atoms with Crippen LogP contribution in [0, 0.1) is 6.57 Å². The fraction of sp³-hybridized carbons (Fsp3) is 0.400. The molecule has 0 aromatic heterocycles. The first kappa shape index (κ1) is 6.03. The third-order valence-corrected chi connectivity index (χ3v) is 0.738. The maximum absolute atomic E-state index is 6.43. The summed E-state index contributed by atoms with van der Waals surface area (Å²) in [7, 11) is 0. The second kappa shape index (κ2) is 2.25. The smallest absolute Gasteiger partial charge is 0.180 e. The van der Waals surface area contributed by atoms with Gasteiger partial charge < -0.3 is 5.73 Å². The first-order valence-electron chi connectivity index (χ1n) is 1.99. The summed E-state index contributed by atoms with van der Waals surface area (Å²) in [5.74, 6) is 0. The lowest BCUT2D eigenvalue weighted by Crippen LogP contribution is -1.91. The molecular weight excluding hydrogens is 88.1 g/mol. The van der Waals surface area contributed by atoms with Gasteiger partial charge in [-0.2, -0.15) is 0 Å². The molecular formula is C5H8N2. The van der Waals surface area contributed by atoms with Gasteiger partial charge in [-0.15, -0.1) is 0 Å². The molecule has 0 saturated heterocycles. The second-order valence-corrected chi connectivity index (χ2v) is 1.38. The van der Waals surface area contributed by atoms with E-state index in [1.54, 1.807) is 13.8 Å². The summed E-state index contributed by atoms with van der Waals surface area (Å²) < 4.78 is 0. The van der Waals surface area contributed by atoms with Gasteiger partial charge in [0.05, 0.1) is 6.57 Å². The van der Waals surface area contributed by atoms with Gasteiger partial charge in [-0.25, -0.2) is 4.85 Å². The maximum Gasteiger partial charge on any atom is 0.180 e. The van der Waals surface area contributed by atoms with E-state index >= 15 is 0 Å². The van der Waals surface area contributed by atoms with Crippen molar-refractivity contribution in [2.75, 3.05) is 0 Å².